The Morgan fingerprint density at radius 2 is 1.73 bits per heavy atom. The summed E-state index contributed by atoms with van der Waals surface area (Å²) in [5, 5.41) is 7.59. The van der Waals surface area contributed by atoms with E-state index in [4.69, 9.17) is 15.7 Å². The Morgan fingerprint density at radius 3 is 2.48 bits per heavy atom. The van der Waals surface area contributed by atoms with Crippen LogP contribution in [0.25, 0.3) is 22.2 Å². The highest BCUT2D eigenvalue weighted by molar-refractivity contribution is 6.10. The lowest BCUT2D eigenvalue weighted by Crippen LogP contribution is -2.25. The first-order valence-electron chi connectivity index (χ1n) is 11.5. The zero-order chi connectivity index (χ0) is 23.2. The number of rotatable bonds is 9. The second kappa shape index (κ2) is 10.3. The van der Waals surface area contributed by atoms with E-state index in [1.165, 1.54) is 23.9 Å². The fraction of sp³-hybridized carbons (Fsp3) is 0.308. The molecule has 2 aromatic heterocycles. The van der Waals surface area contributed by atoms with Gasteiger partial charge in [0, 0.05) is 6.54 Å². The van der Waals surface area contributed by atoms with Crippen LogP contribution in [0.2, 0.25) is 0 Å². The molecule has 33 heavy (non-hydrogen) atoms. The Kier molecular flexibility index (Phi) is 6.98. The lowest BCUT2D eigenvalue weighted by atomic mass is 10.1. The van der Waals surface area contributed by atoms with Crippen LogP contribution in [-0.4, -0.2) is 33.3 Å². The maximum Gasteiger partial charge on any atom is 0.257 e. The van der Waals surface area contributed by atoms with Crippen LogP contribution >= 0.6 is 0 Å². The van der Waals surface area contributed by atoms with Crippen molar-refractivity contribution < 1.29 is 4.79 Å². The van der Waals surface area contributed by atoms with Crippen molar-refractivity contribution in [2.24, 2.45) is 5.10 Å². The number of amides is 1. The summed E-state index contributed by atoms with van der Waals surface area (Å²) in [6, 6.07) is 15.5. The molecule has 7 nitrogen and oxygen atoms in total. The third kappa shape index (κ3) is 4.87. The van der Waals surface area contributed by atoms with Gasteiger partial charge in [-0.25, -0.2) is 9.97 Å². The average molecular weight is 443 g/mol. The Labute approximate surface area is 193 Å². The molecule has 0 bridgehead atoms. The minimum Gasteiger partial charge on any atom is -0.383 e. The van der Waals surface area contributed by atoms with E-state index >= 15 is 0 Å². The van der Waals surface area contributed by atoms with Crippen LogP contribution in [0.3, 0.4) is 0 Å². The van der Waals surface area contributed by atoms with E-state index < -0.39 is 0 Å². The number of carbonyl (C=O) groups excluding carboxylic acids is 1. The topological polar surface area (TPSA) is 98.2 Å². The number of nitrogens with zero attached hydrogens (tertiary/aromatic N) is 4. The highest BCUT2D eigenvalue weighted by Gasteiger charge is 2.23. The first kappa shape index (κ1) is 22.5. The average Bonchev–Trinajstić information content (AvgIpc) is 3.09. The number of nitrogen functional groups attached to an aromatic ring is 1. The van der Waals surface area contributed by atoms with Crippen molar-refractivity contribution in [3.05, 3.63) is 65.2 Å². The van der Waals surface area contributed by atoms with E-state index in [9.17, 15) is 4.79 Å². The third-order valence-corrected chi connectivity index (χ3v) is 5.77. The van der Waals surface area contributed by atoms with E-state index in [2.05, 4.69) is 17.3 Å². The van der Waals surface area contributed by atoms with Gasteiger partial charge >= 0.3 is 0 Å². The molecular formula is C26H30N6O. The highest BCUT2D eigenvalue weighted by Crippen LogP contribution is 2.28. The summed E-state index contributed by atoms with van der Waals surface area (Å²) >= 11 is 0. The maximum absolute atomic E-state index is 13.1. The summed E-state index contributed by atoms with van der Waals surface area (Å²) in [5.74, 6) is -0.0176. The summed E-state index contributed by atoms with van der Waals surface area (Å²) < 4.78 is 1.51. The van der Waals surface area contributed by atoms with Gasteiger partial charge in [0.1, 0.15) is 16.9 Å². The molecule has 0 aliphatic carbocycles. The Morgan fingerprint density at radius 1 is 1.03 bits per heavy atom. The highest BCUT2D eigenvalue weighted by atomic mass is 16.1. The van der Waals surface area contributed by atoms with Crippen molar-refractivity contribution >= 4 is 40.1 Å². The minimum atomic E-state index is -0.248. The number of fused-ring (bicyclic) bond motifs is 2. The normalized spacial score (nSPS) is 11.6. The third-order valence-electron chi connectivity index (χ3n) is 5.77. The molecule has 0 aliphatic heterocycles. The SMILES string of the molecule is CCCCCCCNC(=O)c1c(N)n(/N=C\c2ccccc2C)c2nc3ccccc3nc12. The largest absolute Gasteiger partial charge is 0.383 e. The lowest BCUT2D eigenvalue weighted by Gasteiger charge is -2.05. The number of carbonyl (C=O) groups is 1. The molecule has 2 heterocycles. The van der Waals surface area contributed by atoms with Gasteiger partial charge in [-0.05, 0) is 36.6 Å². The Balaban J connectivity index is 1.71. The van der Waals surface area contributed by atoms with Gasteiger partial charge in [0.2, 0.25) is 0 Å². The van der Waals surface area contributed by atoms with Crippen LogP contribution in [0.15, 0.2) is 53.6 Å². The van der Waals surface area contributed by atoms with Gasteiger partial charge in [-0.3, -0.25) is 4.79 Å². The molecule has 1 amide bonds. The first-order chi connectivity index (χ1) is 16.1. The molecule has 0 aliphatic rings. The number of hydrogen-bond donors (Lipinski definition) is 2. The molecule has 0 unspecified atom stereocenters. The summed E-state index contributed by atoms with van der Waals surface area (Å²) in [4.78, 5) is 22.6. The molecule has 0 atom stereocenters. The second-order valence-corrected chi connectivity index (χ2v) is 8.23. The fourth-order valence-electron chi connectivity index (χ4n) is 3.86. The molecule has 0 spiro atoms. The maximum atomic E-state index is 13.1. The van der Waals surface area contributed by atoms with Gasteiger partial charge in [-0.15, -0.1) is 0 Å². The summed E-state index contributed by atoms with van der Waals surface area (Å²) in [6.07, 6.45) is 7.35. The second-order valence-electron chi connectivity index (χ2n) is 8.23. The van der Waals surface area contributed by atoms with Crippen LogP contribution in [0.4, 0.5) is 5.82 Å². The monoisotopic (exact) mass is 442 g/mol. The summed E-state index contributed by atoms with van der Waals surface area (Å²) in [5.41, 5.74) is 11.2. The van der Waals surface area contributed by atoms with Crippen LogP contribution in [0.5, 0.6) is 0 Å². The minimum absolute atomic E-state index is 0.230. The van der Waals surface area contributed by atoms with E-state index in [-0.39, 0.29) is 11.7 Å². The molecule has 2 aromatic carbocycles. The number of nitrogens with one attached hydrogen (secondary N) is 1. The number of unbranched alkanes of at least 4 members (excludes halogenated alkanes) is 4. The zero-order valence-corrected chi connectivity index (χ0v) is 19.2. The van der Waals surface area contributed by atoms with Crippen molar-refractivity contribution in [2.75, 3.05) is 12.3 Å². The molecule has 3 N–H and O–H groups in total. The van der Waals surface area contributed by atoms with E-state index in [0.717, 1.165) is 29.5 Å². The van der Waals surface area contributed by atoms with Gasteiger partial charge in [-0.2, -0.15) is 9.78 Å². The molecule has 170 valence electrons. The number of benzene rings is 2. The summed E-state index contributed by atoms with van der Waals surface area (Å²) in [6.45, 7) is 4.81. The first-order valence-corrected chi connectivity index (χ1v) is 11.5. The van der Waals surface area contributed by atoms with E-state index in [1.54, 1.807) is 6.21 Å². The quantitative estimate of drug-likeness (QED) is 0.280. The van der Waals surface area contributed by atoms with Crippen molar-refractivity contribution in [3.8, 4) is 0 Å². The Hall–Kier alpha value is -3.74. The van der Waals surface area contributed by atoms with Crippen LogP contribution in [0, 0.1) is 6.92 Å². The van der Waals surface area contributed by atoms with Crippen LogP contribution in [0.1, 0.15) is 60.5 Å². The number of para-hydroxylation sites is 2. The number of anilines is 1. The van der Waals surface area contributed by atoms with Crippen molar-refractivity contribution in [2.45, 2.75) is 46.0 Å². The molecule has 0 saturated carbocycles. The standard InChI is InChI=1S/C26H30N6O/c1-3-4-5-6-11-16-28-26(33)22-23-25(31-21-15-10-9-14-20(21)30-23)32(24(22)27)29-17-19-13-8-7-12-18(19)2/h7-10,12-15,17H,3-6,11,16,27H2,1-2H3,(H,28,33)/b29-17-. The zero-order valence-electron chi connectivity index (χ0n) is 19.2. The van der Waals surface area contributed by atoms with Crippen molar-refractivity contribution in [1.29, 1.82) is 0 Å². The van der Waals surface area contributed by atoms with Crippen LogP contribution in [-0.2, 0) is 0 Å². The predicted molar refractivity (Wildman–Crippen MR) is 135 cm³/mol. The van der Waals surface area contributed by atoms with Crippen molar-refractivity contribution in [3.63, 3.8) is 0 Å². The van der Waals surface area contributed by atoms with E-state index in [0.29, 0.717) is 28.8 Å². The number of nitrogens with two attached hydrogens (primary N) is 1. The number of aromatic nitrogens is 3. The predicted octanol–water partition coefficient (Wildman–Crippen LogP) is 5.06. The van der Waals surface area contributed by atoms with Gasteiger partial charge in [0.15, 0.2) is 5.65 Å². The van der Waals surface area contributed by atoms with Gasteiger partial charge in [0.25, 0.3) is 5.91 Å². The molecule has 4 rings (SSSR count). The molecule has 0 saturated heterocycles. The van der Waals surface area contributed by atoms with Gasteiger partial charge in [0.05, 0.1) is 17.2 Å². The van der Waals surface area contributed by atoms with Crippen LogP contribution < -0.4 is 11.1 Å². The lowest BCUT2D eigenvalue weighted by molar-refractivity contribution is 0.0955. The molecule has 7 heteroatoms. The van der Waals surface area contributed by atoms with E-state index in [1.807, 2.05) is 55.5 Å². The van der Waals surface area contributed by atoms with Crippen molar-refractivity contribution in [1.82, 2.24) is 20.0 Å². The Bertz CT molecular complexity index is 1310. The number of hydrogen-bond acceptors (Lipinski definition) is 5. The molecule has 0 fully saturated rings. The molecular weight excluding hydrogens is 412 g/mol. The van der Waals surface area contributed by atoms with Gasteiger partial charge in [-0.1, -0.05) is 69.0 Å². The smallest absolute Gasteiger partial charge is 0.257 e. The molecule has 4 aromatic rings. The fourth-order valence-corrected chi connectivity index (χ4v) is 3.86. The van der Waals surface area contributed by atoms with Gasteiger partial charge < -0.3 is 11.1 Å². The summed E-state index contributed by atoms with van der Waals surface area (Å²) in [7, 11) is 0. The molecule has 0 radical (unpaired) electrons. The number of aryl methyl sites for hydroxylation is 1.